The number of nitrogens with zero attached hydrogens (tertiary/aromatic N) is 1. The van der Waals surface area contributed by atoms with E-state index < -0.39 is 0 Å². The van der Waals surface area contributed by atoms with E-state index in [1.165, 1.54) is 6.42 Å². The van der Waals surface area contributed by atoms with Crippen LogP contribution in [0.5, 0.6) is 0 Å². The van der Waals surface area contributed by atoms with Crippen molar-refractivity contribution in [3.05, 3.63) is 35.4 Å². The minimum atomic E-state index is 0.204. The third-order valence-electron chi connectivity index (χ3n) is 4.04. The van der Waals surface area contributed by atoms with E-state index in [0.717, 1.165) is 37.3 Å². The van der Waals surface area contributed by atoms with Gasteiger partial charge in [-0.3, -0.25) is 4.79 Å². The fraction of sp³-hybridized carbons (Fsp3) is 0.533. The number of fused-ring (bicyclic) bond motifs is 2. The Hall–Kier alpha value is -1.35. The van der Waals surface area contributed by atoms with Gasteiger partial charge in [-0.25, -0.2) is 0 Å². The molecule has 2 aliphatic heterocycles. The molecule has 3 rings (SSSR count). The first-order chi connectivity index (χ1) is 8.72. The molecule has 0 aliphatic carbocycles. The molecule has 0 radical (unpaired) electrons. The van der Waals surface area contributed by atoms with Crippen molar-refractivity contribution in [1.82, 2.24) is 10.2 Å². The Bertz CT molecular complexity index is 446. The van der Waals surface area contributed by atoms with E-state index in [9.17, 15) is 4.79 Å². The molecule has 3 heteroatoms. The molecule has 2 saturated heterocycles. The van der Waals surface area contributed by atoms with E-state index in [2.05, 4.69) is 10.2 Å². The molecule has 3 nitrogen and oxygen atoms in total. The second kappa shape index (κ2) is 4.73. The highest BCUT2D eigenvalue weighted by atomic mass is 16.2. The van der Waals surface area contributed by atoms with Crippen LogP contribution in [0.1, 0.15) is 22.3 Å². The summed E-state index contributed by atoms with van der Waals surface area (Å²) in [6.45, 7) is 5.99. The summed E-state index contributed by atoms with van der Waals surface area (Å²) >= 11 is 0. The second-order valence-electron chi connectivity index (χ2n) is 5.71. The maximum absolute atomic E-state index is 12.5. The molecule has 0 aromatic heterocycles. The largest absolute Gasteiger partial charge is 0.338 e. The number of carbonyl (C=O) groups excluding carboxylic acids is 1. The van der Waals surface area contributed by atoms with Gasteiger partial charge in [-0.05, 0) is 50.4 Å². The number of hydrogen-bond acceptors (Lipinski definition) is 2. The molecule has 0 spiro atoms. The van der Waals surface area contributed by atoms with Crippen LogP contribution in [-0.4, -0.2) is 37.0 Å². The third-order valence-corrected chi connectivity index (χ3v) is 4.04. The molecular weight excluding hydrogens is 224 g/mol. The lowest BCUT2D eigenvalue weighted by Gasteiger charge is -2.41. The highest BCUT2D eigenvalue weighted by molar-refractivity contribution is 5.94. The monoisotopic (exact) mass is 244 g/mol. The van der Waals surface area contributed by atoms with Crippen molar-refractivity contribution < 1.29 is 4.79 Å². The molecule has 1 aromatic carbocycles. The number of carbonyl (C=O) groups is 1. The summed E-state index contributed by atoms with van der Waals surface area (Å²) in [6, 6.07) is 7.92. The zero-order valence-corrected chi connectivity index (χ0v) is 10.9. The highest BCUT2D eigenvalue weighted by Gasteiger charge is 2.32. The molecule has 2 aliphatic rings. The minimum absolute atomic E-state index is 0.204. The van der Waals surface area contributed by atoms with E-state index in [1.54, 1.807) is 0 Å². The van der Waals surface area contributed by atoms with Crippen LogP contribution in [0.2, 0.25) is 0 Å². The summed E-state index contributed by atoms with van der Waals surface area (Å²) in [5, 5.41) is 3.46. The van der Waals surface area contributed by atoms with Crippen molar-refractivity contribution in [3.63, 3.8) is 0 Å². The van der Waals surface area contributed by atoms with E-state index in [0.29, 0.717) is 11.8 Å². The molecule has 2 heterocycles. The number of benzene rings is 1. The minimum Gasteiger partial charge on any atom is -0.338 e. The molecule has 0 saturated carbocycles. The molecule has 2 atom stereocenters. The molecule has 1 aromatic rings. The number of rotatable bonds is 1. The zero-order valence-electron chi connectivity index (χ0n) is 10.9. The first kappa shape index (κ1) is 11.7. The van der Waals surface area contributed by atoms with Gasteiger partial charge in [0, 0.05) is 18.7 Å². The summed E-state index contributed by atoms with van der Waals surface area (Å²) in [6.07, 6.45) is 1.28. The molecule has 2 fully saturated rings. The predicted octanol–water partition coefficient (Wildman–Crippen LogP) is 1.68. The van der Waals surface area contributed by atoms with Crippen LogP contribution < -0.4 is 5.32 Å². The van der Waals surface area contributed by atoms with Crippen LogP contribution in [0, 0.1) is 18.8 Å². The Balaban J connectivity index is 1.76. The van der Waals surface area contributed by atoms with Gasteiger partial charge in [0.25, 0.3) is 5.91 Å². The van der Waals surface area contributed by atoms with Gasteiger partial charge < -0.3 is 10.2 Å². The molecule has 2 bridgehead atoms. The predicted molar refractivity (Wildman–Crippen MR) is 71.5 cm³/mol. The van der Waals surface area contributed by atoms with Gasteiger partial charge in [0.1, 0.15) is 0 Å². The molecule has 96 valence electrons. The zero-order chi connectivity index (χ0) is 12.5. The number of amides is 1. The maximum Gasteiger partial charge on any atom is 0.253 e. The van der Waals surface area contributed by atoms with Gasteiger partial charge in [0.2, 0.25) is 0 Å². The summed E-state index contributed by atoms with van der Waals surface area (Å²) in [5.74, 6) is 1.49. The summed E-state index contributed by atoms with van der Waals surface area (Å²) in [5.41, 5.74) is 1.99. The first-order valence-electron chi connectivity index (χ1n) is 6.79. The lowest BCUT2D eigenvalue weighted by Crippen LogP contribution is -2.52. The van der Waals surface area contributed by atoms with E-state index in [4.69, 9.17) is 0 Å². The maximum atomic E-state index is 12.5. The highest BCUT2D eigenvalue weighted by Crippen LogP contribution is 2.25. The average molecular weight is 244 g/mol. The van der Waals surface area contributed by atoms with E-state index in [1.807, 2.05) is 31.2 Å². The Morgan fingerprint density at radius 2 is 2.00 bits per heavy atom. The van der Waals surface area contributed by atoms with Crippen molar-refractivity contribution in [2.24, 2.45) is 11.8 Å². The van der Waals surface area contributed by atoms with Crippen LogP contribution in [-0.2, 0) is 0 Å². The molecule has 2 unspecified atom stereocenters. The lowest BCUT2D eigenvalue weighted by atomic mass is 9.85. The topological polar surface area (TPSA) is 32.3 Å². The second-order valence-corrected chi connectivity index (χ2v) is 5.71. The van der Waals surface area contributed by atoms with Crippen LogP contribution in [0.15, 0.2) is 24.3 Å². The van der Waals surface area contributed by atoms with Gasteiger partial charge in [-0.1, -0.05) is 17.7 Å². The number of piperidine rings is 2. The molecule has 1 amide bonds. The summed E-state index contributed by atoms with van der Waals surface area (Å²) in [4.78, 5) is 14.5. The molecule has 1 N–H and O–H groups in total. The fourth-order valence-corrected chi connectivity index (χ4v) is 3.23. The van der Waals surface area contributed by atoms with Crippen LogP contribution >= 0.6 is 0 Å². The first-order valence-corrected chi connectivity index (χ1v) is 6.79. The summed E-state index contributed by atoms with van der Waals surface area (Å²) in [7, 11) is 0. The average Bonchev–Trinajstić information content (AvgIpc) is 2.37. The van der Waals surface area contributed by atoms with E-state index >= 15 is 0 Å². The fourth-order valence-electron chi connectivity index (χ4n) is 3.23. The van der Waals surface area contributed by atoms with Gasteiger partial charge in [-0.2, -0.15) is 0 Å². The number of likely N-dealkylation sites (tertiary alicyclic amines) is 1. The lowest BCUT2D eigenvalue weighted by molar-refractivity contribution is 0.0537. The normalized spacial score (nSPS) is 27.1. The number of hydrogen-bond donors (Lipinski definition) is 1. The van der Waals surface area contributed by atoms with Crippen molar-refractivity contribution in [3.8, 4) is 0 Å². The smallest absolute Gasteiger partial charge is 0.253 e. The van der Waals surface area contributed by atoms with Gasteiger partial charge in [0.05, 0.1) is 0 Å². The van der Waals surface area contributed by atoms with Crippen molar-refractivity contribution >= 4 is 5.91 Å². The standard InChI is InChI=1S/C15H20N2O/c1-11-3-2-4-14(5-11)15(18)17-9-12-6-13(10-17)8-16-7-12/h2-5,12-13,16H,6-10H2,1H3. The van der Waals surface area contributed by atoms with Crippen LogP contribution in [0.4, 0.5) is 0 Å². The quantitative estimate of drug-likeness (QED) is 0.815. The Kier molecular flexibility index (Phi) is 3.08. The van der Waals surface area contributed by atoms with Crippen LogP contribution in [0.3, 0.4) is 0 Å². The SMILES string of the molecule is Cc1cccc(C(=O)N2CC3CNCC(C3)C2)c1. The van der Waals surface area contributed by atoms with Gasteiger partial charge in [0.15, 0.2) is 0 Å². The Morgan fingerprint density at radius 3 is 2.67 bits per heavy atom. The van der Waals surface area contributed by atoms with Crippen molar-refractivity contribution in [2.45, 2.75) is 13.3 Å². The molecule has 18 heavy (non-hydrogen) atoms. The number of aryl methyl sites for hydroxylation is 1. The Morgan fingerprint density at radius 1 is 1.28 bits per heavy atom. The summed E-state index contributed by atoms with van der Waals surface area (Å²) < 4.78 is 0. The molecular formula is C15H20N2O. The van der Waals surface area contributed by atoms with Crippen molar-refractivity contribution in [2.75, 3.05) is 26.2 Å². The van der Waals surface area contributed by atoms with Gasteiger partial charge in [-0.15, -0.1) is 0 Å². The third kappa shape index (κ3) is 2.27. The van der Waals surface area contributed by atoms with Gasteiger partial charge >= 0.3 is 0 Å². The van der Waals surface area contributed by atoms with Crippen LogP contribution in [0.25, 0.3) is 0 Å². The van der Waals surface area contributed by atoms with E-state index in [-0.39, 0.29) is 5.91 Å². The van der Waals surface area contributed by atoms with Crippen molar-refractivity contribution in [1.29, 1.82) is 0 Å². The Labute approximate surface area is 108 Å². The number of nitrogens with one attached hydrogen (secondary N) is 1.